The fraction of sp³-hybridized carbons (Fsp3) is 0.414. The second kappa shape index (κ2) is 9.17. The molecule has 2 N–H and O–H groups in total. The fourth-order valence-electron chi connectivity index (χ4n) is 6.06. The molecule has 4 aromatic rings. The average Bonchev–Trinajstić information content (AvgIpc) is 3.62. The van der Waals surface area contributed by atoms with E-state index in [0.717, 1.165) is 5.56 Å². The van der Waals surface area contributed by atoms with Crippen LogP contribution >= 0.6 is 0 Å². The monoisotopic (exact) mass is 564 g/mol. The van der Waals surface area contributed by atoms with Crippen LogP contribution in [0.15, 0.2) is 28.8 Å². The number of aromatic nitrogens is 2. The molecule has 2 atom stereocenters. The summed E-state index contributed by atoms with van der Waals surface area (Å²) in [6.07, 6.45) is 0.788. The molecule has 0 radical (unpaired) electrons. The molecule has 2 aromatic heterocycles. The van der Waals surface area contributed by atoms with E-state index in [1.54, 1.807) is 36.9 Å². The number of morpholine rings is 1. The largest absolute Gasteiger partial charge is 0.372 e. The number of carbonyl (C=O) groups excluding carboxylic acids is 2. The fourth-order valence-corrected chi connectivity index (χ4v) is 7.96. The van der Waals surface area contributed by atoms with E-state index in [1.807, 2.05) is 26.8 Å². The van der Waals surface area contributed by atoms with Crippen LogP contribution in [-0.2, 0) is 14.8 Å². The van der Waals surface area contributed by atoms with Crippen LogP contribution in [0.1, 0.15) is 64.4 Å². The lowest BCUT2D eigenvalue weighted by Crippen LogP contribution is -2.48. The number of fused-ring (bicyclic) bond motifs is 3. The summed E-state index contributed by atoms with van der Waals surface area (Å²) in [5, 5.41) is 4.42. The number of carbonyl (C=O) groups is 2. The van der Waals surface area contributed by atoms with Gasteiger partial charge in [0.05, 0.1) is 39.7 Å². The van der Waals surface area contributed by atoms with Crippen LogP contribution in [0.2, 0.25) is 0 Å². The van der Waals surface area contributed by atoms with Gasteiger partial charge in [0.25, 0.3) is 11.8 Å². The Balaban J connectivity index is 1.75. The summed E-state index contributed by atoms with van der Waals surface area (Å²) in [5.74, 6) is -0.443. The van der Waals surface area contributed by atoms with Crippen LogP contribution < -0.4 is 5.73 Å². The van der Waals surface area contributed by atoms with Crippen LogP contribution in [0.3, 0.4) is 0 Å². The number of rotatable bonds is 5. The van der Waals surface area contributed by atoms with Gasteiger partial charge in [0.2, 0.25) is 10.0 Å². The number of benzene rings is 2. The molecule has 40 heavy (non-hydrogen) atoms. The SMILES string of the molecule is Cc1cc(C(=O)N2C[C@@H](C)O[C@@H](C)C2)c2c3cc(-c4c(C)noc4C)cc(C(N)=O)c3n(S(=O)(=O)C3CC3)c2c1. The number of aryl methyl sites for hydroxylation is 3. The van der Waals surface area contributed by atoms with Crippen molar-refractivity contribution in [2.45, 2.75) is 64.9 Å². The zero-order chi connectivity index (χ0) is 28.7. The lowest BCUT2D eigenvalue weighted by atomic mass is 9.96. The first-order valence-corrected chi connectivity index (χ1v) is 14.9. The predicted octanol–water partition coefficient (Wildman–Crippen LogP) is 4.06. The number of primary amides is 1. The molecule has 2 aliphatic rings. The molecule has 1 saturated heterocycles. The molecule has 2 amide bonds. The Morgan fingerprint density at radius 2 is 1.68 bits per heavy atom. The number of ether oxygens (including phenoxy) is 1. The van der Waals surface area contributed by atoms with Gasteiger partial charge in [0, 0.05) is 35.0 Å². The smallest absolute Gasteiger partial charge is 0.254 e. The summed E-state index contributed by atoms with van der Waals surface area (Å²) in [5.41, 5.74) is 9.51. The summed E-state index contributed by atoms with van der Waals surface area (Å²) in [6, 6.07) is 6.95. The van der Waals surface area contributed by atoms with Crippen LogP contribution in [-0.4, -0.2) is 64.8 Å². The van der Waals surface area contributed by atoms with Crippen LogP contribution in [0.25, 0.3) is 32.9 Å². The Labute approximate surface area is 232 Å². The van der Waals surface area contributed by atoms with Gasteiger partial charge in [-0.15, -0.1) is 0 Å². The Morgan fingerprint density at radius 1 is 1.00 bits per heavy atom. The number of hydrogen-bond acceptors (Lipinski definition) is 7. The molecule has 3 heterocycles. The average molecular weight is 565 g/mol. The zero-order valence-corrected chi connectivity index (χ0v) is 24.0. The molecular weight excluding hydrogens is 532 g/mol. The molecule has 0 bridgehead atoms. The number of hydrogen-bond donors (Lipinski definition) is 1. The second-order valence-corrected chi connectivity index (χ2v) is 13.2. The van der Waals surface area contributed by atoms with Crippen molar-refractivity contribution in [1.29, 1.82) is 0 Å². The number of nitrogens with two attached hydrogens (primary N) is 1. The van der Waals surface area contributed by atoms with Gasteiger partial charge in [0.15, 0.2) is 0 Å². The Kier molecular flexibility index (Phi) is 6.08. The van der Waals surface area contributed by atoms with E-state index in [9.17, 15) is 18.0 Å². The van der Waals surface area contributed by atoms with Crippen LogP contribution in [0.5, 0.6) is 0 Å². The van der Waals surface area contributed by atoms with E-state index >= 15 is 0 Å². The summed E-state index contributed by atoms with van der Waals surface area (Å²) in [6.45, 7) is 10.1. The quantitative estimate of drug-likeness (QED) is 0.386. The highest BCUT2D eigenvalue weighted by Crippen LogP contribution is 2.42. The van der Waals surface area contributed by atoms with Gasteiger partial charge >= 0.3 is 0 Å². The molecule has 2 fully saturated rings. The summed E-state index contributed by atoms with van der Waals surface area (Å²) in [4.78, 5) is 28.8. The first kappa shape index (κ1) is 26.5. The van der Waals surface area contributed by atoms with Crippen molar-refractivity contribution in [2.75, 3.05) is 13.1 Å². The molecule has 6 rings (SSSR count). The molecule has 11 heteroatoms. The Morgan fingerprint density at radius 3 is 2.25 bits per heavy atom. The minimum absolute atomic E-state index is 0.0533. The molecule has 210 valence electrons. The summed E-state index contributed by atoms with van der Waals surface area (Å²) < 4.78 is 40.3. The highest BCUT2D eigenvalue weighted by atomic mass is 32.2. The van der Waals surface area contributed by atoms with Gasteiger partial charge in [-0.1, -0.05) is 5.16 Å². The van der Waals surface area contributed by atoms with Gasteiger partial charge in [0.1, 0.15) is 5.76 Å². The topological polar surface area (TPSA) is 138 Å². The van der Waals surface area contributed by atoms with Gasteiger partial charge < -0.3 is 19.9 Å². The van der Waals surface area contributed by atoms with E-state index < -0.39 is 21.2 Å². The van der Waals surface area contributed by atoms with Crippen molar-refractivity contribution in [3.05, 3.63) is 52.4 Å². The van der Waals surface area contributed by atoms with Crippen LogP contribution in [0, 0.1) is 20.8 Å². The molecule has 1 aliphatic carbocycles. The van der Waals surface area contributed by atoms with Crippen molar-refractivity contribution in [2.24, 2.45) is 5.73 Å². The Bertz CT molecular complexity index is 1800. The first-order valence-electron chi connectivity index (χ1n) is 13.4. The predicted molar refractivity (Wildman–Crippen MR) is 151 cm³/mol. The molecule has 0 unspecified atom stereocenters. The normalized spacial score (nSPS) is 20.0. The van der Waals surface area contributed by atoms with E-state index in [2.05, 4.69) is 5.16 Å². The molecule has 10 nitrogen and oxygen atoms in total. The minimum Gasteiger partial charge on any atom is -0.372 e. The standard InChI is InChI=1S/C29H32N4O6S/c1-14-8-22(29(35)32-12-15(2)38-16(3)13-32)26-21-10-19(25-17(4)31-39-18(25)5)11-23(28(30)34)27(21)33(24(26)9-14)40(36,37)20-6-7-20/h8-11,15-16,20H,6-7,12-13H2,1-5H3,(H2,30,34)/t15-,16+. The lowest BCUT2D eigenvalue weighted by Gasteiger charge is -2.35. The van der Waals surface area contributed by atoms with Crippen molar-refractivity contribution in [1.82, 2.24) is 14.0 Å². The van der Waals surface area contributed by atoms with Gasteiger partial charge in [-0.25, -0.2) is 12.4 Å². The van der Waals surface area contributed by atoms with Crippen LogP contribution in [0.4, 0.5) is 0 Å². The molecule has 2 aromatic carbocycles. The second-order valence-electron chi connectivity index (χ2n) is 11.2. The van der Waals surface area contributed by atoms with E-state index in [4.69, 9.17) is 15.0 Å². The van der Waals surface area contributed by atoms with Crippen molar-refractivity contribution < 1.29 is 27.3 Å². The van der Waals surface area contributed by atoms with E-state index in [1.165, 1.54) is 3.97 Å². The maximum atomic E-state index is 14.1. The van der Waals surface area contributed by atoms with Crippen molar-refractivity contribution >= 4 is 43.6 Å². The minimum atomic E-state index is -3.88. The lowest BCUT2D eigenvalue weighted by molar-refractivity contribution is -0.0585. The van der Waals surface area contributed by atoms with Crippen molar-refractivity contribution in [3.63, 3.8) is 0 Å². The summed E-state index contributed by atoms with van der Waals surface area (Å²) >= 11 is 0. The third kappa shape index (κ3) is 4.10. The molecule has 1 saturated carbocycles. The maximum absolute atomic E-state index is 14.1. The number of nitrogens with zero attached hydrogens (tertiary/aromatic N) is 3. The Hall–Kier alpha value is -3.70. The van der Waals surface area contributed by atoms with Gasteiger partial charge in [-0.2, -0.15) is 0 Å². The highest BCUT2D eigenvalue weighted by Gasteiger charge is 2.40. The highest BCUT2D eigenvalue weighted by molar-refractivity contribution is 7.91. The molecular formula is C29H32N4O6S. The zero-order valence-electron chi connectivity index (χ0n) is 23.1. The first-order chi connectivity index (χ1) is 18.9. The van der Waals surface area contributed by atoms with Gasteiger partial charge in [-0.3, -0.25) is 9.59 Å². The van der Waals surface area contributed by atoms with E-state index in [-0.39, 0.29) is 29.2 Å². The van der Waals surface area contributed by atoms with Crippen molar-refractivity contribution in [3.8, 4) is 11.1 Å². The maximum Gasteiger partial charge on any atom is 0.254 e. The number of amides is 2. The van der Waals surface area contributed by atoms with Gasteiger partial charge in [-0.05, 0) is 82.9 Å². The molecule has 0 spiro atoms. The molecule has 1 aliphatic heterocycles. The van der Waals surface area contributed by atoms with E-state index in [0.29, 0.717) is 70.4 Å². The summed E-state index contributed by atoms with van der Waals surface area (Å²) in [7, 11) is -3.88. The third-order valence-corrected chi connectivity index (χ3v) is 9.99. The third-order valence-electron chi connectivity index (χ3n) is 7.79.